The average Bonchev–Trinajstić information content (AvgIpc) is 2.71. The van der Waals surface area contributed by atoms with E-state index in [9.17, 15) is 4.79 Å². The lowest BCUT2D eigenvalue weighted by Gasteiger charge is -2.17. The molecule has 0 heterocycles. The van der Waals surface area contributed by atoms with Gasteiger partial charge in [0.25, 0.3) is 0 Å². The predicted octanol–water partition coefficient (Wildman–Crippen LogP) is 5.97. The van der Waals surface area contributed by atoms with E-state index in [0.29, 0.717) is 15.6 Å². The van der Waals surface area contributed by atoms with E-state index in [1.165, 1.54) is 6.21 Å². The van der Waals surface area contributed by atoms with E-state index in [-0.39, 0.29) is 16.9 Å². The van der Waals surface area contributed by atoms with Crippen LogP contribution in [0.4, 0.5) is 0 Å². The summed E-state index contributed by atoms with van der Waals surface area (Å²) in [6.45, 7) is 0. The zero-order valence-corrected chi connectivity index (χ0v) is 17.2. The third-order valence-corrected chi connectivity index (χ3v) is 5.81. The molecule has 3 rings (SSSR count). The minimum atomic E-state index is -0.178. The van der Waals surface area contributed by atoms with Gasteiger partial charge < -0.3 is 0 Å². The molecule has 0 fully saturated rings. The van der Waals surface area contributed by atoms with Gasteiger partial charge in [0.15, 0.2) is 0 Å². The Morgan fingerprint density at radius 1 is 0.964 bits per heavy atom. The molecule has 0 radical (unpaired) electrons. The van der Waals surface area contributed by atoms with Crippen molar-refractivity contribution in [3.63, 3.8) is 0 Å². The van der Waals surface area contributed by atoms with Crippen LogP contribution in [0.15, 0.2) is 84.0 Å². The summed E-state index contributed by atoms with van der Waals surface area (Å²) in [7, 11) is 0. The SMILES string of the molecule is O=C(CSC(c1ccccc1)c1ccccc1)N/N=C/c1ccc(Cl)cc1Cl. The van der Waals surface area contributed by atoms with Crippen LogP contribution >= 0.6 is 35.0 Å². The Labute approximate surface area is 178 Å². The number of benzene rings is 3. The van der Waals surface area contributed by atoms with Gasteiger partial charge in [-0.3, -0.25) is 4.79 Å². The average molecular weight is 429 g/mol. The summed E-state index contributed by atoms with van der Waals surface area (Å²) in [4.78, 5) is 12.2. The lowest BCUT2D eigenvalue weighted by atomic mass is 10.0. The topological polar surface area (TPSA) is 41.5 Å². The molecule has 1 amide bonds. The molecule has 3 aromatic carbocycles. The Morgan fingerprint density at radius 3 is 2.14 bits per heavy atom. The Morgan fingerprint density at radius 2 is 1.57 bits per heavy atom. The Bertz CT molecular complexity index is 910. The summed E-state index contributed by atoms with van der Waals surface area (Å²) in [5, 5.41) is 5.09. The van der Waals surface area contributed by atoms with Gasteiger partial charge in [0.05, 0.1) is 22.2 Å². The van der Waals surface area contributed by atoms with E-state index in [2.05, 4.69) is 34.8 Å². The standard InChI is InChI=1S/C22H18Cl2N2OS/c23-19-12-11-18(20(24)13-19)14-25-26-21(27)15-28-22(16-7-3-1-4-8-16)17-9-5-2-6-10-17/h1-14,22H,15H2,(H,26,27)/b25-14+. The number of thioether (sulfide) groups is 1. The van der Waals surface area contributed by atoms with Gasteiger partial charge in [0.2, 0.25) is 5.91 Å². The van der Waals surface area contributed by atoms with Gasteiger partial charge in [0, 0.05) is 10.6 Å². The zero-order valence-electron chi connectivity index (χ0n) is 14.9. The molecule has 28 heavy (non-hydrogen) atoms. The molecule has 142 valence electrons. The molecule has 0 spiro atoms. The van der Waals surface area contributed by atoms with Crippen LogP contribution in [-0.4, -0.2) is 17.9 Å². The Kier molecular flexibility index (Phi) is 7.54. The van der Waals surface area contributed by atoms with Gasteiger partial charge in [-0.2, -0.15) is 5.10 Å². The minimum absolute atomic E-state index is 0.0721. The van der Waals surface area contributed by atoms with Crippen molar-refractivity contribution in [2.24, 2.45) is 5.10 Å². The monoisotopic (exact) mass is 428 g/mol. The fourth-order valence-electron chi connectivity index (χ4n) is 2.61. The number of hydrogen-bond donors (Lipinski definition) is 1. The van der Waals surface area contributed by atoms with Gasteiger partial charge in [-0.05, 0) is 23.3 Å². The first-order chi connectivity index (χ1) is 13.6. The second-order valence-electron chi connectivity index (χ2n) is 5.97. The first kappa shape index (κ1) is 20.5. The summed E-state index contributed by atoms with van der Waals surface area (Å²) >= 11 is 13.5. The molecule has 3 nitrogen and oxygen atoms in total. The largest absolute Gasteiger partial charge is 0.272 e. The molecule has 0 atom stereocenters. The number of carbonyl (C=O) groups excluding carboxylic acids is 1. The smallest absolute Gasteiger partial charge is 0.250 e. The molecular formula is C22H18Cl2N2OS. The number of nitrogens with one attached hydrogen (secondary N) is 1. The van der Waals surface area contributed by atoms with Gasteiger partial charge >= 0.3 is 0 Å². The first-order valence-electron chi connectivity index (χ1n) is 8.62. The van der Waals surface area contributed by atoms with Gasteiger partial charge in [-0.15, -0.1) is 11.8 Å². The van der Waals surface area contributed by atoms with Crippen molar-refractivity contribution in [1.82, 2.24) is 5.43 Å². The van der Waals surface area contributed by atoms with E-state index in [4.69, 9.17) is 23.2 Å². The molecular weight excluding hydrogens is 411 g/mol. The van der Waals surface area contributed by atoms with Crippen LogP contribution in [-0.2, 0) is 4.79 Å². The second-order valence-corrected chi connectivity index (χ2v) is 7.91. The number of rotatable bonds is 7. The summed E-state index contributed by atoms with van der Waals surface area (Å²) in [6, 6.07) is 25.4. The molecule has 1 N–H and O–H groups in total. The van der Waals surface area contributed by atoms with Gasteiger partial charge in [0.1, 0.15) is 0 Å². The van der Waals surface area contributed by atoms with Crippen molar-refractivity contribution in [2.75, 3.05) is 5.75 Å². The lowest BCUT2D eigenvalue weighted by molar-refractivity contribution is -0.118. The van der Waals surface area contributed by atoms with Crippen molar-refractivity contribution in [3.8, 4) is 0 Å². The molecule has 3 aromatic rings. The molecule has 0 bridgehead atoms. The summed E-state index contributed by atoms with van der Waals surface area (Å²) in [5.74, 6) is 0.100. The maximum absolute atomic E-state index is 12.2. The van der Waals surface area contributed by atoms with Crippen molar-refractivity contribution >= 4 is 47.1 Å². The molecule has 0 aliphatic carbocycles. The number of halogens is 2. The van der Waals surface area contributed by atoms with Gasteiger partial charge in [-0.25, -0.2) is 5.43 Å². The molecule has 0 unspecified atom stereocenters. The maximum atomic E-state index is 12.2. The highest BCUT2D eigenvalue weighted by Gasteiger charge is 2.16. The molecule has 0 aliphatic heterocycles. The molecule has 6 heteroatoms. The van der Waals surface area contributed by atoms with Crippen LogP contribution in [0.2, 0.25) is 10.0 Å². The second kappa shape index (κ2) is 10.3. The summed E-state index contributed by atoms with van der Waals surface area (Å²) in [5.41, 5.74) is 5.55. The number of nitrogens with zero attached hydrogens (tertiary/aromatic N) is 1. The third kappa shape index (κ3) is 5.86. The normalized spacial score (nSPS) is 11.1. The van der Waals surface area contributed by atoms with Crippen molar-refractivity contribution in [3.05, 3.63) is 106 Å². The minimum Gasteiger partial charge on any atom is -0.272 e. The van der Waals surface area contributed by atoms with Crippen LogP contribution in [0.25, 0.3) is 0 Å². The fourth-order valence-corrected chi connectivity index (χ4v) is 4.15. The van der Waals surface area contributed by atoms with E-state index in [1.807, 2.05) is 36.4 Å². The van der Waals surface area contributed by atoms with Crippen molar-refractivity contribution < 1.29 is 4.79 Å². The molecule has 0 saturated heterocycles. The van der Waals surface area contributed by atoms with Crippen LogP contribution in [0.1, 0.15) is 21.9 Å². The predicted molar refractivity (Wildman–Crippen MR) is 119 cm³/mol. The van der Waals surface area contributed by atoms with E-state index < -0.39 is 0 Å². The number of hydrazone groups is 1. The first-order valence-corrected chi connectivity index (χ1v) is 10.4. The highest BCUT2D eigenvalue weighted by molar-refractivity contribution is 8.00. The fraction of sp³-hybridized carbons (Fsp3) is 0.0909. The Hall–Kier alpha value is -2.27. The van der Waals surface area contributed by atoms with E-state index >= 15 is 0 Å². The highest BCUT2D eigenvalue weighted by atomic mass is 35.5. The molecule has 0 aliphatic rings. The molecule has 0 aromatic heterocycles. The van der Waals surface area contributed by atoms with Crippen LogP contribution in [0, 0.1) is 0 Å². The van der Waals surface area contributed by atoms with Crippen molar-refractivity contribution in [1.29, 1.82) is 0 Å². The van der Waals surface area contributed by atoms with E-state index in [1.54, 1.807) is 30.0 Å². The summed E-state index contributed by atoms with van der Waals surface area (Å²) < 4.78 is 0. The van der Waals surface area contributed by atoms with Crippen molar-refractivity contribution in [2.45, 2.75) is 5.25 Å². The maximum Gasteiger partial charge on any atom is 0.250 e. The third-order valence-electron chi connectivity index (χ3n) is 3.94. The highest BCUT2D eigenvalue weighted by Crippen LogP contribution is 2.35. The number of carbonyl (C=O) groups is 1. The summed E-state index contributed by atoms with van der Waals surface area (Å²) in [6.07, 6.45) is 1.51. The van der Waals surface area contributed by atoms with Crippen LogP contribution in [0.3, 0.4) is 0 Å². The number of hydrogen-bond acceptors (Lipinski definition) is 3. The molecule has 0 saturated carbocycles. The van der Waals surface area contributed by atoms with Crippen LogP contribution < -0.4 is 5.43 Å². The quantitative estimate of drug-likeness (QED) is 0.372. The van der Waals surface area contributed by atoms with Crippen LogP contribution in [0.5, 0.6) is 0 Å². The lowest BCUT2D eigenvalue weighted by Crippen LogP contribution is -2.20. The number of amides is 1. The van der Waals surface area contributed by atoms with E-state index in [0.717, 1.165) is 11.1 Å². The van der Waals surface area contributed by atoms with Gasteiger partial charge in [-0.1, -0.05) is 89.9 Å². The zero-order chi connectivity index (χ0) is 19.8. The Balaban J connectivity index is 1.61.